The number of nitrogens with one attached hydrogen (secondary N) is 1. The topological polar surface area (TPSA) is 104 Å². The molecule has 0 amide bonds. The minimum absolute atomic E-state index is 0.185. The molecule has 10 heteroatoms. The highest BCUT2D eigenvalue weighted by Gasteiger charge is 2.19. The molecule has 0 bridgehead atoms. The van der Waals surface area contributed by atoms with Crippen LogP contribution in [0.5, 0.6) is 5.75 Å². The minimum Gasteiger partial charge on any atom is -0.497 e. The number of nitrogens with zero attached hydrogens (tertiary/aromatic N) is 5. The van der Waals surface area contributed by atoms with Crippen LogP contribution in [0.25, 0.3) is 22.2 Å². The molecule has 0 saturated heterocycles. The molecule has 36 heavy (non-hydrogen) atoms. The predicted molar refractivity (Wildman–Crippen MR) is 139 cm³/mol. The van der Waals surface area contributed by atoms with Gasteiger partial charge in [0.15, 0.2) is 0 Å². The Labute approximate surface area is 209 Å². The van der Waals surface area contributed by atoms with Crippen LogP contribution in [0.1, 0.15) is 25.5 Å². The third-order valence-electron chi connectivity index (χ3n) is 5.90. The second kappa shape index (κ2) is 9.12. The Morgan fingerprint density at radius 3 is 2.50 bits per heavy atom. The van der Waals surface area contributed by atoms with Crippen LogP contribution in [0.15, 0.2) is 78.2 Å². The zero-order valence-electron chi connectivity index (χ0n) is 20.4. The van der Waals surface area contributed by atoms with Gasteiger partial charge in [-0.15, -0.1) is 0 Å². The minimum atomic E-state index is -3.76. The molecule has 0 atom stereocenters. The Bertz CT molecular complexity index is 1650. The summed E-state index contributed by atoms with van der Waals surface area (Å²) in [6.07, 6.45) is 7.10. The van der Waals surface area contributed by atoms with E-state index in [0.717, 1.165) is 27.9 Å². The summed E-state index contributed by atoms with van der Waals surface area (Å²) in [7, 11) is -2.22. The highest BCUT2D eigenvalue weighted by atomic mass is 32.2. The van der Waals surface area contributed by atoms with Gasteiger partial charge < -0.3 is 10.1 Å². The number of anilines is 2. The van der Waals surface area contributed by atoms with Crippen molar-refractivity contribution in [3.63, 3.8) is 0 Å². The van der Waals surface area contributed by atoms with Crippen molar-refractivity contribution in [1.82, 2.24) is 23.7 Å². The van der Waals surface area contributed by atoms with Gasteiger partial charge in [-0.2, -0.15) is 5.10 Å². The number of ether oxygens (including phenoxy) is 1. The summed E-state index contributed by atoms with van der Waals surface area (Å²) in [5.74, 6) is 1.04. The Balaban J connectivity index is 1.43. The van der Waals surface area contributed by atoms with Crippen molar-refractivity contribution in [2.75, 3.05) is 12.4 Å². The summed E-state index contributed by atoms with van der Waals surface area (Å²) in [5.41, 5.74) is 3.98. The smallest absolute Gasteiger partial charge is 0.268 e. The average Bonchev–Trinajstić information content (AvgIpc) is 3.53. The fraction of sp³-hybridized carbons (Fsp3) is 0.192. The molecule has 0 aliphatic heterocycles. The molecule has 184 valence electrons. The molecule has 0 aliphatic carbocycles. The van der Waals surface area contributed by atoms with Crippen LogP contribution in [-0.4, -0.2) is 39.2 Å². The van der Waals surface area contributed by atoms with Crippen LogP contribution >= 0.6 is 0 Å². The number of rotatable bonds is 7. The first kappa shape index (κ1) is 23.6. The number of benzene rings is 2. The summed E-state index contributed by atoms with van der Waals surface area (Å²) < 4.78 is 34.7. The van der Waals surface area contributed by atoms with Gasteiger partial charge in [-0.25, -0.2) is 22.4 Å². The largest absolute Gasteiger partial charge is 0.497 e. The Hall–Kier alpha value is -4.18. The van der Waals surface area contributed by atoms with E-state index in [4.69, 9.17) is 9.72 Å². The van der Waals surface area contributed by atoms with Crippen LogP contribution in [0.3, 0.4) is 0 Å². The second-order valence-electron chi connectivity index (χ2n) is 8.72. The molecular formula is C26H26N6O3S. The van der Waals surface area contributed by atoms with Crippen molar-refractivity contribution in [3.8, 4) is 17.0 Å². The van der Waals surface area contributed by atoms with Gasteiger partial charge in [-0.3, -0.25) is 4.68 Å². The van der Waals surface area contributed by atoms with Gasteiger partial charge in [0.05, 0.1) is 29.4 Å². The lowest BCUT2D eigenvalue weighted by molar-refractivity contribution is 0.414. The van der Waals surface area contributed by atoms with E-state index in [1.807, 2.05) is 29.9 Å². The van der Waals surface area contributed by atoms with Gasteiger partial charge in [0, 0.05) is 41.3 Å². The van der Waals surface area contributed by atoms with E-state index in [1.165, 1.54) is 23.2 Å². The first-order chi connectivity index (χ1) is 17.3. The van der Waals surface area contributed by atoms with E-state index in [1.54, 1.807) is 42.9 Å². The Morgan fingerprint density at radius 1 is 1.03 bits per heavy atom. The summed E-state index contributed by atoms with van der Waals surface area (Å²) in [5, 5.41) is 8.41. The molecule has 9 nitrogen and oxygen atoms in total. The van der Waals surface area contributed by atoms with Gasteiger partial charge >= 0.3 is 0 Å². The van der Waals surface area contributed by atoms with Crippen molar-refractivity contribution in [2.45, 2.75) is 31.7 Å². The van der Waals surface area contributed by atoms with E-state index in [9.17, 15) is 8.42 Å². The lowest BCUT2D eigenvalue weighted by Gasteiger charge is -2.10. The fourth-order valence-electron chi connectivity index (χ4n) is 3.93. The lowest BCUT2D eigenvalue weighted by Crippen LogP contribution is -2.11. The molecule has 3 heterocycles. The van der Waals surface area contributed by atoms with Gasteiger partial charge in [0.1, 0.15) is 5.75 Å². The Kier molecular flexibility index (Phi) is 5.97. The van der Waals surface area contributed by atoms with Crippen LogP contribution in [0.4, 0.5) is 11.6 Å². The van der Waals surface area contributed by atoms with Gasteiger partial charge in [0.2, 0.25) is 5.95 Å². The van der Waals surface area contributed by atoms with Crippen molar-refractivity contribution in [1.29, 1.82) is 0 Å². The maximum atomic E-state index is 13.2. The normalized spacial score (nSPS) is 11.8. The number of hydrogen-bond acceptors (Lipinski definition) is 7. The van der Waals surface area contributed by atoms with Gasteiger partial charge in [0.25, 0.3) is 10.0 Å². The van der Waals surface area contributed by atoms with Crippen LogP contribution in [0, 0.1) is 6.92 Å². The quantitative estimate of drug-likeness (QED) is 0.327. The molecule has 2 aromatic carbocycles. The molecule has 3 aromatic heterocycles. The van der Waals surface area contributed by atoms with E-state index in [2.05, 4.69) is 29.2 Å². The number of methoxy groups -OCH3 is 1. The molecule has 0 aliphatic rings. The molecule has 0 fully saturated rings. The monoisotopic (exact) mass is 502 g/mol. The maximum Gasteiger partial charge on any atom is 0.268 e. The summed E-state index contributed by atoms with van der Waals surface area (Å²) in [6.45, 7) is 6.11. The standard InChI is InChI=1S/C26H26N6O3S/c1-17(2)31-16-20(15-28-31)25-18(3)14-27-26(30-25)29-21-5-10-24-19(13-21)11-12-32(24)36(33,34)23-8-6-22(35-4)7-9-23/h5-17H,1-4H3,(H,27,29,30). The van der Waals surface area contributed by atoms with Crippen molar-refractivity contribution in [2.24, 2.45) is 0 Å². The lowest BCUT2D eigenvalue weighted by atomic mass is 10.1. The van der Waals surface area contributed by atoms with E-state index < -0.39 is 10.0 Å². The van der Waals surface area contributed by atoms with E-state index >= 15 is 0 Å². The van der Waals surface area contributed by atoms with Crippen LogP contribution in [0.2, 0.25) is 0 Å². The molecule has 5 aromatic rings. The maximum absolute atomic E-state index is 13.2. The summed E-state index contributed by atoms with van der Waals surface area (Å²) in [6, 6.07) is 13.8. The average molecular weight is 503 g/mol. The first-order valence-corrected chi connectivity index (χ1v) is 12.9. The van der Waals surface area contributed by atoms with E-state index in [-0.39, 0.29) is 10.9 Å². The second-order valence-corrected chi connectivity index (χ2v) is 10.5. The summed E-state index contributed by atoms with van der Waals surface area (Å²) in [4.78, 5) is 9.31. The fourth-order valence-corrected chi connectivity index (χ4v) is 5.29. The van der Waals surface area contributed by atoms with Crippen molar-refractivity contribution < 1.29 is 13.2 Å². The Morgan fingerprint density at radius 2 is 1.81 bits per heavy atom. The zero-order valence-corrected chi connectivity index (χ0v) is 21.2. The predicted octanol–water partition coefficient (Wildman–Crippen LogP) is 5.17. The van der Waals surface area contributed by atoms with Crippen LogP contribution in [-0.2, 0) is 10.0 Å². The highest BCUT2D eigenvalue weighted by Crippen LogP contribution is 2.28. The highest BCUT2D eigenvalue weighted by molar-refractivity contribution is 7.90. The molecule has 0 radical (unpaired) electrons. The van der Waals surface area contributed by atoms with Gasteiger partial charge in [-0.05, 0) is 74.9 Å². The molecule has 0 unspecified atom stereocenters. The number of aryl methyl sites for hydroxylation is 1. The van der Waals surface area contributed by atoms with Crippen molar-refractivity contribution in [3.05, 3.63) is 78.9 Å². The number of hydrogen-bond donors (Lipinski definition) is 1. The molecule has 1 N–H and O–H groups in total. The van der Waals surface area contributed by atoms with Crippen LogP contribution < -0.4 is 10.1 Å². The molecular weight excluding hydrogens is 476 g/mol. The number of fused-ring (bicyclic) bond motifs is 1. The third kappa shape index (κ3) is 4.31. The number of aromatic nitrogens is 5. The third-order valence-corrected chi connectivity index (χ3v) is 7.61. The van der Waals surface area contributed by atoms with Gasteiger partial charge in [-0.1, -0.05) is 0 Å². The SMILES string of the molecule is COc1ccc(S(=O)(=O)n2ccc3cc(Nc4ncc(C)c(-c5cnn(C(C)C)c5)n4)ccc32)cc1. The first-order valence-electron chi connectivity index (χ1n) is 11.4. The van der Waals surface area contributed by atoms with E-state index in [0.29, 0.717) is 17.2 Å². The molecule has 0 saturated carbocycles. The zero-order chi connectivity index (χ0) is 25.4. The molecule has 5 rings (SSSR count). The van der Waals surface area contributed by atoms with Crippen molar-refractivity contribution >= 4 is 32.6 Å². The molecule has 0 spiro atoms. The summed E-state index contributed by atoms with van der Waals surface area (Å²) >= 11 is 0.